The normalized spacial score (nSPS) is 18.4. The average Bonchev–Trinajstić information content (AvgIpc) is 2.65. The summed E-state index contributed by atoms with van der Waals surface area (Å²) in [5.41, 5.74) is 2.47. The molecule has 0 fully saturated rings. The quantitative estimate of drug-likeness (QED) is 0.920. The van der Waals surface area contributed by atoms with Crippen LogP contribution in [0.1, 0.15) is 27.5 Å². The highest BCUT2D eigenvalue weighted by Crippen LogP contribution is 2.31. The van der Waals surface area contributed by atoms with Crippen LogP contribution < -0.4 is 4.74 Å². The Morgan fingerprint density at radius 2 is 2.00 bits per heavy atom. The molecule has 4 nitrogen and oxygen atoms in total. The van der Waals surface area contributed by atoms with Gasteiger partial charge in [0.25, 0.3) is 0 Å². The number of fused-ring (bicyclic) bond motifs is 1. The number of hydrogen-bond donors (Lipinski definition) is 1. The van der Waals surface area contributed by atoms with E-state index in [1.165, 1.54) is 5.56 Å². The van der Waals surface area contributed by atoms with Crippen molar-refractivity contribution in [2.75, 3.05) is 13.7 Å². The molecule has 2 aromatic carbocycles. The lowest BCUT2D eigenvalue weighted by Crippen LogP contribution is -2.26. The zero-order valence-corrected chi connectivity index (χ0v) is 11.8. The summed E-state index contributed by atoms with van der Waals surface area (Å²) in [6.45, 7) is 1.24. The molecule has 3 rings (SSSR count). The summed E-state index contributed by atoms with van der Waals surface area (Å²) in [5.74, 6) is -0.265. The van der Waals surface area contributed by atoms with Crippen molar-refractivity contribution < 1.29 is 14.6 Å². The molecule has 0 saturated carbocycles. The van der Waals surface area contributed by atoms with Crippen LogP contribution in [0.3, 0.4) is 0 Å². The van der Waals surface area contributed by atoms with E-state index in [4.69, 9.17) is 9.84 Å². The number of benzene rings is 2. The first-order valence-electron chi connectivity index (χ1n) is 6.89. The van der Waals surface area contributed by atoms with Gasteiger partial charge in [0, 0.05) is 12.1 Å². The first-order chi connectivity index (χ1) is 10.1. The number of carbonyl (C=O) groups is 1. The Labute approximate surface area is 123 Å². The molecule has 1 heterocycles. The number of hydrogen-bond acceptors (Lipinski definition) is 3. The Morgan fingerprint density at radius 1 is 1.24 bits per heavy atom. The zero-order valence-electron chi connectivity index (χ0n) is 11.8. The molecule has 0 saturated heterocycles. The van der Waals surface area contributed by atoms with E-state index in [1.807, 2.05) is 24.3 Å². The first-order valence-corrected chi connectivity index (χ1v) is 6.89. The van der Waals surface area contributed by atoms with Crippen LogP contribution >= 0.6 is 0 Å². The van der Waals surface area contributed by atoms with Crippen LogP contribution in [0.25, 0.3) is 0 Å². The van der Waals surface area contributed by atoms with Gasteiger partial charge in [0.2, 0.25) is 0 Å². The maximum atomic E-state index is 11.1. The van der Waals surface area contributed by atoms with Crippen LogP contribution in [0.5, 0.6) is 5.75 Å². The molecule has 0 amide bonds. The number of likely N-dealkylation sites (N-methyl/N-ethyl adjacent to an activating group) is 1. The fourth-order valence-corrected chi connectivity index (χ4v) is 2.65. The summed E-state index contributed by atoms with van der Waals surface area (Å²) in [6.07, 6.45) is 0. The van der Waals surface area contributed by atoms with Gasteiger partial charge < -0.3 is 9.84 Å². The number of ether oxygens (including phenoxy) is 1. The van der Waals surface area contributed by atoms with E-state index in [2.05, 4.69) is 24.1 Å². The first kappa shape index (κ1) is 13.6. The largest absolute Gasteiger partial charge is 0.491 e. The Balaban J connectivity index is 1.90. The molecule has 0 aliphatic carbocycles. The van der Waals surface area contributed by atoms with Crippen LogP contribution in [0.4, 0.5) is 0 Å². The summed E-state index contributed by atoms with van der Waals surface area (Å²) in [4.78, 5) is 13.3. The fraction of sp³-hybridized carbons (Fsp3) is 0.235. The highest BCUT2D eigenvalue weighted by molar-refractivity contribution is 5.88. The summed E-state index contributed by atoms with van der Waals surface area (Å²) < 4.78 is 5.87. The number of carboxylic acids is 1. The fourth-order valence-electron chi connectivity index (χ4n) is 2.65. The molecule has 4 heteroatoms. The Bertz CT molecular complexity index is 654. The molecule has 0 spiro atoms. The van der Waals surface area contributed by atoms with E-state index in [0.29, 0.717) is 12.4 Å². The number of aromatic carboxylic acids is 1. The van der Waals surface area contributed by atoms with Crippen molar-refractivity contribution in [3.05, 3.63) is 65.2 Å². The molecular formula is C17H17NO3. The number of carboxylic acid groups (broad SMARTS) is 1. The van der Waals surface area contributed by atoms with E-state index in [1.54, 1.807) is 12.1 Å². The zero-order chi connectivity index (χ0) is 14.8. The van der Waals surface area contributed by atoms with Gasteiger partial charge in [-0.25, -0.2) is 4.79 Å². The predicted molar refractivity (Wildman–Crippen MR) is 79.5 cm³/mol. The standard InChI is InChI=1S/C17H17NO3/c1-18-10-14-8-7-13(17(19)20)9-16(14)21-11-15(18)12-5-3-2-4-6-12/h2-9,15H,10-11H2,1H3,(H,19,20). The maximum Gasteiger partial charge on any atom is 0.335 e. The van der Waals surface area contributed by atoms with Crippen molar-refractivity contribution in [1.29, 1.82) is 0 Å². The molecule has 1 aliphatic heterocycles. The monoisotopic (exact) mass is 283 g/mol. The van der Waals surface area contributed by atoms with Gasteiger partial charge in [-0.3, -0.25) is 4.90 Å². The maximum absolute atomic E-state index is 11.1. The summed E-state index contributed by atoms with van der Waals surface area (Å²) in [5, 5.41) is 9.07. The number of nitrogens with zero attached hydrogens (tertiary/aromatic N) is 1. The van der Waals surface area contributed by atoms with E-state index in [-0.39, 0.29) is 11.6 Å². The highest BCUT2D eigenvalue weighted by atomic mass is 16.5. The molecule has 2 aromatic rings. The lowest BCUT2D eigenvalue weighted by Gasteiger charge is -2.25. The smallest absolute Gasteiger partial charge is 0.335 e. The van der Waals surface area contributed by atoms with Crippen LogP contribution in [0.15, 0.2) is 48.5 Å². The second-order valence-electron chi connectivity index (χ2n) is 5.28. The summed E-state index contributed by atoms with van der Waals surface area (Å²) in [7, 11) is 2.06. The molecule has 0 aromatic heterocycles. The minimum Gasteiger partial charge on any atom is -0.491 e. The van der Waals surface area contributed by atoms with E-state index < -0.39 is 5.97 Å². The molecule has 1 N–H and O–H groups in total. The van der Waals surface area contributed by atoms with Crippen molar-refractivity contribution in [2.24, 2.45) is 0 Å². The van der Waals surface area contributed by atoms with Gasteiger partial charge in [0.1, 0.15) is 12.4 Å². The van der Waals surface area contributed by atoms with Crippen LogP contribution in [-0.2, 0) is 6.54 Å². The average molecular weight is 283 g/mol. The van der Waals surface area contributed by atoms with Gasteiger partial charge in [-0.15, -0.1) is 0 Å². The van der Waals surface area contributed by atoms with Crippen LogP contribution in [0, 0.1) is 0 Å². The van der Waals surface area contributed by atoms with Gasteiger partial charge in [-0.2, -0.15) is 0 Å². The lowest BCUT2D eigenvalue weighted by atomic mass is 10.1. The Morgan fingerprint density at radius 3 is 2.71 bits per heavy atom. The summed E-state index contributed by atoms with van der Waals surface area (Å²) >= 11 is 0. The van der Waals surface area contributed by atoms with E-state index in [9.17, 15) is 4.79 Å². The molecule has 108 valence electrons. The van der Waals surface area contributed by atoms with Gasteiger partial charge in [0.05, 0.1) is 11.6 Å². The van der Waals surface area contributed by atoms with E-state index >= 15 is 0 Å². The molecule has 21 heavy (non-hydrogen) atoms. The van der Waals surface area contributed by atoms with Gasteiger partial charge in [0.15, 0.2) is 0 Å². The minimum absolute atomic E-state index is 0.159. The molecule has 1 unspecified atom stereocenters. The molecule has 0 radical (unpaired) electrons. The second kappa shape index (κ2) is 5.58. The van der Waals surface area contributed by atoms with Crippen molar-refractivity contribution in [3.63, 3.8) is 0 Å². The number of rotatable bonds is 2. The Hall–Kier alpha value is -2.33. The molecule has 1 atom stereocenters. The highest BCUT2D eigenvalue weighted by Gasteiger charge is 2.23. The molecular weight excluding hydrogens is 266 g/mol. The second-order valence-corrected chi connectivity index (χ2v) is 5.28. The molecule has 1 aliphatic rings. The van der Waals surface area contributed by atoms with Gasteiger partial charge in [-0.1, -0.05) is 36.4 Å². The van der Waals surface area contributed by atoms with Crippen molar-refractivity contribution in [3.8, 4) is 5.75 Å². The van der Waals surface area contributed by atoms with Crippen molar-refractivity contribution in [1.82, 2.24) is 4.90 Å². The van der Waals surface area contributed by atoms with Gasteiger partial charge in [-0.05, 0) is 24.7 Å². The third-order valence-corrected chi connectivity index (χ3v) is 3.85. The SMILES string of the molecule is CN1Cc2ccc(C(=O)O)cc2OCC1c1ccccc1. The third-order valence-electron chi connectivity index (χ3n) is 3.85. The van der Waals surface area contributed by atoms with Gasteiger partial charge >= 0.3 is 5.97 Å². The van der Waals surface area contributed by atoms with E-state index in [0.717, 1.165) is 12.1 Å². The minimum atomic E-state index is -0.932. The lowest BCUT2D eigenvalue weighted by molar-refractivity contribution is 0.0696. The van der Waals surface area contributed by atoms with Crippen LogP contribution in [0.2, 0.25) is 0 Å². The third kappa shape index (κ3) is 2.76. The van der Waals surface area contributed by atoms with Crippen molar-refractivity contribution >= 4 is 5.97 Å². The molecule has 0 bridgehead atoms. The van der Waals surface area contributed by atoms with Crippen LogP contribution in [-0.4, -0.2) is 29.6 Å². The topological polar surface area (TPSA) is 49.8 Å². The predicted octanol–water partition coefficient (Wildman–Crippen LogP) is 2.95. The summed E-state index contributed by atoms with van der Waals surface area (Å²) in [6, 6.07) is 15.4. The van der Waals surface area contributed by atoms with Crippen molar-refractivity contribution in [2.45, 2.75) is 12.6 Å². The Kier molecular flexibility index (Phi) is 3.62.